The molecule has 8 nitrogen and oxygen atoms in total. The van der Waals surface area contributed by atoms with Crippen molar-refractivity contribution < 1.29 is 38.4 Å². The van der Waals surface area contributed by atoms with Gasteiger partial charge in [-0.15, -0.1) is 0 Å². The highest BCUT2D eigenvalue weighted by atomic mass is 16.6. The fourth-order valence-electron chi connectivity index (χ4n) is 2.16. The molecular formula is C19H30O8. The molecule has 0 aromatic rings. The van der Waals surface area contributed by atoms with Crippen LogP contribution in [0.1, 0.15) is 62.3 Å². The average molecular weight is 386 g/mol. The van der Waals surface area contributed by atoms with Gasteiger partial charge >= 0.3 is 17.9 Å². The zero-order chi connectivity index (χ0) is 21.4. The van der Waals surface area contributed by atoms with Gasteiger partial charge in [0.25, 0.3) is 0 Å². The molecule has 2 atom stereocenters. The minimum atomic E-state index is -2.70. The number of aliphatic hydroxyl groups is 1. The monoisotopic (exact) mass is 386 g/mol. The van der Waals surface area contributed by atoms with Crippen molar-refractivity contribution in [3.63, 3.8) is 0 Å². The number of hydrogen-bond donors (Lipinski definition) is 1. The van der Waals surface area contributed by atoms with Crippen LogP contribution in [-0.4, -0.2) is 51.5 Å². The van der Waals surface area contributed by atoms with Gasteiger partial charge in [0, 0.05) is 0 Å². The first-order valence-corrected chi connectivity index (χ1v) is 8.65. The van der Waals surface area contributed by atoms with E-state index in [4.69, 9.17) is 18.9 Å². The Labute approximate surface area is 159 Å². The van der Waals surface area contributed by atoms with Gasteiger partial charge in [-0.1, -0.05) is 0 Å². The fourth-order valence-corrected chi connectivity index (χ4v) is 2.16. The second-order valence-corrected chi connectivity index (χ2v) is 9.35. The third-order valence-electron chi connectivity index (χ3n) is 3.06. The van der Waals surface area contributed by atoms with Crippen molar-refractivity contribution in [2.24, 2.45) is 0 Å². The summed E-state index contributed by atoms with van der Waals surface area (Å²) in [5.41, 5.74) is -5.99. The SMILES string of the molecule is CC(C)(C)OC(=O)C1=CO[C@H](C(=O)OC(C)(C)C)[C@@]1(O)C(=O)OC(C)(C)C. The van der Waals surface area contributed by atoms with Crippen molar-refractivity contribution in [3.8, 4) is 0 Å². The molecule has 0 spiro atoms. The molecule has 27 heavy (non-hydrogen) atoms. The van der Waals surface area contributed by atoms with Gasteiger partial charge in [-0.3, -0.25) is 0 Å². The normalized spacial score (nSPS) is 23.2. The molecule has 154 valence electrons. The van der Waals surface area contributed by atoms with E-state index in [2.05, 4.69) is 0 Å². The summed E-state index contributed by atoms with van der Waals surface area (Å²) < 4.78 is 20.8. The Morgan fingerprint density at radius 2 is 1.33 bits per heavy atom. The van der Waals surface area contributed by atoms with Crippen LogP contribution in [0.2, 0.25) is 0 Å². The molecule has 1 N–H and O–H groups in total. The molecule has 0 aromatic carbocycles. The van der Waals surface area contributed by atoms with E-state index in [0.29, 0.717) is 0 Å². The van der Waals surface area contributed by atoms with Crippen LogP contribution in [0.15, 0.2) is 11.8 Å². The van der Waals surface area contributed by atoms with Crippen molar-refractivity contribution in [2.45, 2.75) is 90.8 Å². The standard InChI is InChI=1S/C19H30O8/c1-16(2,3)25-13(20)11-10-24-12(14(21)26-17(4,5)6)19(11,23)15(22)27-18(7,8)9/h10,12,23H,1-9H3/t12-,19-/m1/s1. The summed E-state index contributed by atoms with van der Waals surface area (Å²) in [5.74, 6) is -3.21. The maximum Gasteiger partial charge on any atom is 0.351 e. The smallest absolute Gasteiger partial charge is 0.351 e. The number of carbonyl (C=O) groups is 3. The van der Waals surface area contributed by atoms with E-state index in [1.165, 1.54) is 0 Å². The molecule has 0 bridgehead atoms. The Hall–Kier alpha value is -2.09. The Bertz CT molecular complexity index is 642. The van der Waals surface area contributed by atoms with Crippen LogP contribution >= 0.6 is 0 Å². The van der Waals surface area contributed by atoms with Crippen molar-refractivity contribution in [1.29, 1.82) is 0 Å². The summed E-state index contributed by atoms with van der Waals surface area (Å²) in [5, 5.41) is 11.1. The van der Waals surface area contributed by atoms with E-state index in [-0.39, 0.29) is 0 Å². The van der Waals surface area contributed by atoms with Crippen LogP contribution < -0.4 is 0 Å². The highest BCUT2D eigenvalue weighted by Crippen LogP contribution is 2.36. The van der Waals surface area contributed by atoms with Gasteiger partial charge < -0.3 is 24.1 Å². The zero-order valence-electron chi connectivity index (χ0n) is 17.5. The van der Waals surface area contributed by atoms with Crippen molar-refractivity contribution in [3.05, 3.63) is 11.8 Å². The van der Waals surface area contributed by atoms with Crippen LogP contribution in [-0.2, 0) is 33.3 Å². The lowest BCUT2D eigenvalue weighted by Gasteiger charge is -2.32. The van der Waals surface area contributed by atoms with Crippen LogP contribution in [0, 0.1) is 0 Å². The lowest BCUT2D eigenvalue weighted by atomic mass is 9.89. The van der Waals surface area contributed by atoms with Gasteiger partial charge in [0.1, 0.15) is 22.4 Å². The second-order valence-electron chi connectivity index (χ2n) is 9.35. The third-order valence-corrected chi connectivity index (χ3v) is 3.06. The highest BCUT2D eigenvalue weighted by molar-refractivity contribution is 6.04. The average Bonchev–Trinajstić information content (AvgIpc) is 2.71. The van der Waals surface area contributed by atoms with Crippen LogP contribution in [0.5, 0.6) is 0 Å². The fraction of sp³-hybridized carbons (Fsp3) is 0.737. The lowest BCUT2D eigenvalue weighted by Crippen LogP contribution is -2.57. The molecule has 0 saturated heterocycles. The first kappa shape index (κ1) is 23.0. The van der Waals surface area contributed by atoms with Crippen molar-refractivity contribution >= 4 is 17.9 Å². The predicted octanol–water partition coefficient (Wildman–Crippen LogP) is 2.03. The summed E-state index contributed by atoms with van der Waals surface area (Å²) in [7, 11) is 0. The van der Waals surface area contributed by atoms with Gasteiger partial charge in [-0.25, -0.2) is 14.4 Å². The van der Waals surface area contributed by atoms with Crippen molar-refractivity contribution in [2.75, 3.05) is 0 Å². The Kier molecular flexibility index (Phi) is 6.07. The summed E-state index contributed by atoms with van der Waals surface area (Å²) >= 11 is 0. The van der Waals surface area contributed by atoms with Gasteiger partial charge in [-0.05, 0) is 62.3 Å². The molecular weight excluding hydrogens is 356 g/mol. The Morgan fingerprint density at radius 1 is 0.889 bits per heavy atom. The van der Waals surface area contributed by atoms with E-state index in [0.717, 1.165) is 6.26 Å². The maximum absolute atomic E-state index is 12.7. The highest BCUT2D eigenvalue weighted by Gasteiger charge is 2.62. The molecule has 1 aliphatic rings. The maximum atomic E-state index is 12.7. The Balaban J connectivity index is 3.30. The topological polar surface area (TPSA) is 108 Å². The first-order valence-electron chi connectivity index (χ1n) is 8.65. The quantitative estimate of drug-likeness (QED) is 0.580. The van der Waals surface area contributed by atoms with E-state index in [1.54, 1.807) is 62.3 Å². The van der Waals surface area contributed by atoms with E-state index >= 15 is 0 Å². The third kappa shape index (κ3) is 5.95. The molecule has 0 amide bonds. The van der Waals surface area contributed by atoms with Crippen LogP contribution in [0.3, 0.4) is 0 Å². The minimum Gasteiger partial charge on any atom is -0.481 e. The predicted molar refractivity (Wildman–Crippen MR) is 95.4 cm³/mol. The molecule has 8 heteroatoms. The van der Waals surface area contributed by atoms with Crippen molar-refractivity contribution in [1.82, 2.24) is 0 Å². The lowest BCUT2D eigenvalue weighted by molar-refractivity contribution is -0.194. The van der Waals surface area contributed by atoms with Gasteiger partial charge in [0.2, 0.25) is 11.7 Å². The number of carbonyl (C=O) groups excluding carboxylic acids is 3. The second kappa shape index (κ2) is 7.14. The molecule has 0 radical (unpaired) electrons. The molecule has 1 heterocycles. The number of rotatable bonds is 3. The number of esters is 3. The summed E-state index contributed by atoms with van der Waals surface area (Å²) in [6.07, 6.45) is -0.957. The van der Waals surface area contributed by atoms with E-state index in [9.17, 15) is 19.5 Å². The molecule has 0 fully saturated rings. The van der Waals surface area contributed by atoms with Gasteiger partial charge in [-0.2, -0.15) is 0 Å². The number of ether oxygens (including phenoxy) is 4. The molecule has 1 rings (SSSR count). The molecule has 0 unspecified atom stereocenters. The molecule has 1 aliphatic heterocycles. The largest absolute Gasteiger partial charge is 0.481 e. The minimum absolute atomic E-state index is 0.525. The Morgan fingerprint density at radius 3 is 1.74 bits per heavy atom. The summed E-state index contributed by atoms with van der Waals surface area (Å²) in [4.78, 5) is 37.7. The van der Waals surface area contributed by atoms with Gasteiger partial charge in [0.15, 0.2) is 0 Å². The molecule has 0 aromatic heterocycles. The van der Waals surface area contributed by atoms with E-state index < -0.39 is 52.0 Å². The zero-order valence-corrected chi connectivity index (χ0v) is 17.5. The molecule has 0 saturated carbocycles. The van der Waals surface area contributed by atoms with Gasteiger partial charge in [0.05, 0.1) is 6.26 Å². The molecule has 0 aliphatic carbocycles. The first-order chi connectivity index (χ1) is 11.9. The summed E-state index contributed by atoms with van der Waals surface area (Å²) in [6.45, 7) is 14.5. The van der Waals surface area contributed by atoms with Crippen LogP contribution in [0.4, 0.5) is 0 Å². The summed E-state index contributed by atoms with van der Waals surface area (Å²) in [6, 6.07) is 0. The van der Waals surface area contributed by atoms with Crippen LogP contribution in [0.25, 0.3) is 0 Å². The number of hydrogen-bond acceptors (Lipinski definition) is 8. The van der Waals surface area contributed by atoms with E-state index in [1.807, 2.05) is 0 Å².